The van der Waals surface area contributed by atoms with E-state index >= 15 is 0 Å². The quantitative estimate of drug-likeness (QED) is 0.758. The molecule has 0 aromatic carbocycles. The Balaban J connectivity index is 2.76. The highest BCUT2D eigenvalue weighted by atomic mass is 79.9. The Morgan fingerprint density at radius 3 is 2.85 bits per heavy atom. The third-order valence-corrected chi connectivity index (χ3v) is 2.16. The number of aromatic nitrogens is 1. The maximum atomic E-state index is 4.34. The average molecular weight is 243 g/mol. The average Bonchev–Trinajstić information content (AvgIpc) is 2.03. The lowest BCUT2D eigenvalue weighted by molar-refractivity contribution is 0.856. The maximum Gasteiger partial charge on any atom is 0.131 e. The van der Waals surface area contributed by atoms with Gasteiger partial charge < -0.3 is 4.90 Å². The molecule has 0 aliphatic carbocycles. The molecule has 3 heteroatoms. The van der Waals surface area contributed by atoms with Crippen molar-refractivity contribution in [3.05, 3.63) is 23.9 Å². The predicted octanol–water partition coefficient (Wildman–Crippen LogP) is 2.61. The lowest BCUT2D eigenvalue weighted by Gasteiger charge is -2.21. The molecule has 0 radical (unpaired) electrons. The first-order chi connectivity index (χ1) is 6.11. The van der Waals surface area contributed by atoms with Crippen molar-refractivity contribution in [2.45, 2.75) is 18.7 Å². The van der Waals surface area contributed by atoms with E-state index in [0.29, 0.717) is 4.83 Å². The van der Waals surface area contributed by atoms with Gasteiger partial charge in [0.15, 0.2) is 0 Å². The van der Waals surface area contributed by atoms with Crippen molar-refractivity contribution in [3.63, 3.8) is 0 Å². The van der Waals surface area contributed by atoms with Crippen LogP contribution in [0.25, 0.3) is 0 Å². The SMILES string of the molecule is Cc1cccnc1N(C)CC(C)Br. The van der Waals surface area contributed by atoms with E-state index in [1.54, 1.807) is 0 Å². The minimum absolute atomic E-state index is 0.485. The van der Waals surface area contributed by atoms with Gasteiger partial charge in [0.25, 0.3) is 0 Å². The summed E-state index contributed by atoms with van der Waals surface area (Å²) in [7, 11) is 2.06. The lowest BCUT2D eigenvalue weighted by atomic mass is 10.2. The predicted molar refractivity (Wildman–Crippen MR) is 60.6 cm³/mol. The zero-order valence-electron chi connectivity index (χ0n) is 8.29. The number of pyridine rings is 1. The lowest BCUT2D eigenvalue weighted by Crippen LogP contribution is -2.25. The topological polar surface area (TPSA) is 16.1 Å². The van der Waals surface area contributed by atoms with E-state index in [2.05, 4.69) is 52.8 Å². The molecule has 0 spiro atoms. The molecule has 0 saturated heterocycles. The monoisotopic (exact) mass is 242 g/mol. The van der Waals surface area contributed by atoms with Gasteiger partial charge in [-0.1, -0.05) is 28.9 Å². The first-order valence-electron chi connectivity index (χ1n) is 4.38. The summed E-state index contributed by atoms with van der Waals surface area (Å²) < 4.78 is 0. The maximum absolute atomic E-state index is 4.34. The Kier molecular flexibility index (Phi) is 3.72. The van der Waals surface area contributed by atoms with E-state index in [1.165, 1.54) is 5.56 Å². The second-order valence-electron chi connectivity index (χ2n) is 3.31. The third-order valence-electron chi connectivity index (χ3n) is 1.87. The number of rotatable bonds is 3. The summed E-state index contributed by atoms with van der Waals surface area (Å²) in [4.78, 5) is 6.98. The highest BCUT2D eigenvalue weighted by Gasteiger charge is 2.06. The van der Waals surface area contributed by atoms with Gasteiger partial charge in [-0.05, 0) is 18.6 Å². The van der Waals surface area contributed by atoms with Crippen LogP contribution in [0.4, 0.5) is 5.82 Å². The van der Waals surface area contributed by atoms with Crippen LogP contribution in [-0.2, 0) is 0 Å². The molecule has 0 fully saturated rings. The number of aryl methyl sites for hydroxylation is 1. The minimum atomic E-state index is 0.485. The Morgan fingerprint density at radius 1 is 1.62 bits per heavy atom. The van der Waals surface area contributed by atoms with E-state index < -0.39 is 0 Å². The van der Waals surface area contributed by atoms with Crippen molar-refractivity contribution in [3.8, 4) is 0 Å². The highest BCUT2D eigenvalue weighted by Crippen LogP contribution is 2.15. The van der Waals surface area contributed by atoms with Crippen molar-refractivity contribution >= 4 is 21.7 Å². The first kappa shape index (κ1) is 10.5. The Hall–Kier alpha value is -0.570. The van der Waals surface area contributed by atoms with E-state index in [9.17, 15) is 0 Å². The molecule has 0 N–H and O–H groups in total. The van der Waals surface area contributed by atoms with E-state index in [4.69, 9.17) is 0 Å². The van der Waals surface area contributed by atoms with Crippen LogP contribution in [0, 0.1) is 6.92 Å². The van der Waals surface area contributed by atoms with Gasteiger partial charge in [-0.15, -0.1) is 0 Å². The number of anilines is 1. The number of hydrogen-bond acceptors (Lipinski definition) is 2. The van der Waals surface area contributed by atoms with Crippen LogP contribution in [-0.4, -0.2) is 23.4 Å². The molecule has 72 valence electrons. The zero-order chi connectivity index (χ0) is 9.84. The van der Waals surface area contributed by atoms with E-state index in [0.717, 1.165) is 12.4 Å². The molecule has 0 bridgehead atoms. The van der Waals surface area contributed by atoms with Crippen molar-refractivity contribution < 1.29 is 0 Å². The Morgan fingerprint density at radius 2 is 2.31 bits per heavy atom. The van der Waals surface area contributed by atoms with Gasteiger partial charge >= 0.3 is 0 Å². The summed E-state index contributed by atoms with van der Waals surface area (Å²) in [5, 5.41) is 0. The molecule has 1 aromatic rings. The van der Waals surface area contributed by atoms with Crippen LogP contribution in [0.2, 0.25) is 0 Å². The van der Waals surface area contributed by atoms with E-state index in [1.807, 2.05) is 12.3 Å². The van der Waals surface area contributed by atoms with Gasteiger partial charge in [-0.3, -0.25) is 0 Å². The molecule has 1 heterocycles. The number of halogens is 1. The Bertz CT molecular complexity index is 273. The van der Waals surface area contributed by atoms with Gasteiger partial charge in [-0.2, -0.15) is 0 Å². The fourth-order valence-corrected chi connectivity index (χ4v) is 1.78. The van der Waals surface area contributed by atoms with Crippen molar-refractivity contribution in [2.75, 3.05) is 18.5 Å². The van der Waals surface area contributed by atoms with Crippen LogP contribution < -0.4 is 4.90 Å². The Labute approximate surface area is 88.1 Å². The zero-order valence-corrected chi connectivity index (χ0v) is 9.87. The van der Waals surface area contributed by atoms with Gasteiger partial charge in [0.05, 0.1) is 0 Å². The molecule has 0 aliphatic rings. The van der Waals surface area contributed by atoms with Crippen LogP contribution in [0.5, 0.6) is 0 Å². The number of alkyl halides is 1. The van der Waals surface area contributed by atoms with Gasteiger partial charge in [-0.25, -0.2) is 4.98 Å². The number of hydrogen-bond donors (Lipinski definition) is 0. The standard InChI is InChI=1S/C10H15BrN2/c1-8-5-4-6-12-10(8)13(3)7-9(2)11/h4-6,9H,7H2,1-3H3. The summed E-state index contributed by atoms with van der Waals surface area (Å²) in [6, 6.07) is 4.04. The van der Waals surface area contributed by atoms with E-state index in [-0.39, 0.29) is 0 Å². The van der Waals surface area contributed by atoms with Crippen LogP contribution in [0.15, 0.2) is 18.3 Å². The van der Waals surface area contributed by atoms with Crippen molar-refractivity contribution in [1.82, 2.24) is 4.98 Å². The van der Waals surface area contributed by atoms with Gasteiger partial charge in [0.1, 0.15) is 5.82 Å². The minimum Gasteiger partial charge on any atom is -0.358 e. The normalized spacial score (nSPS) is 12.6. The molecule has 1 aromatic heterocycles. The fourth-order valence-electron chi connectivity index (χ4n) is 1.34. The molecular formula is C10H15BrN2. The molecule has 13 heavy (non-hydrogen) atoms. The molecule has 1 rings (SSSR count). The summed E-state index contributed by atoms with van der Waals surface area (Å²) in [5.41, 5.74) is 1.22. The van der Waals surface area contributed by atoms with Crippen LogP contribution in [0.1, 0.15) is 12.5 Å². The second-order valence-corrected chi connectivity index (χ2v) is 4.87. The van der Waals surface area contributed by atoms with Crippen molar-refractivity contribution in [2.24, 2.45) is 0 Å². The van der Waals surface area contributed by atoms with Crippen molar-refractivity contribution in [1.29, 1.82) is 0 Å². The van der Waals surface area contributed by atoms with Crippen LogP contribution in [0.3, 0.4) is 0 Å². The molecule has 1 unspecified atom stereocenters. The fraction of sp³-hybridized carbons (Fsp3) is 0.500. The molecule has 1 atom stereocenters. The largest absolute Gasteiger partial charge is 0.358 e. The highest BCUT2D eigenvalue weighted by molar-refractivity contribution is 9.09. The first-order valence-corrected chi connectivity index (χ1v) is 5.29. The molecular weight excluding hydrogens is 228 g/mol. The summed E-state index contributed by atoms with van der Waals surface area (Å²) in [5.74, 6) is 1.06. The smallest absolute Gasteiger partial charge is 0.131 e. The molecule has 2 nitrogen and oxygen atoms in total. The summed E-state index contributed by atoms with van der Waals surface area (Å²) >= 11 is 3.53. The summed E-state index contributed by atoms with van der Waals surface area (Å²) in [6.45, 7) is 5.18. The van der Waals surface area contributed by atoms with Gasteiger partial charge in [0, 0.05) is 24.6 Å². The number of nitrogens with zero attached hydrogens (tertiary/aromatic N) is 2. The summed E-state index contributed by atoms with van der Waals surface area (Å²) in [6.07, 6.45) is 1.83. The second kappa shape index (κ2) is 4.61. The third kappa shape index (κ3) is 2.99. The molecule has 0 aliphatic heterocycles. The van der Waals surface area contributed by atoms with Crippen LogP contribution >= 0.6 is 15.9 Å². The molecule has 0 amide bonds. The van der Waals surface area contributed by atoms with Gasteiger partial charge in [0.2, 0.25) is 0 Å². The molecule has 0 saturated carbocycles.